The number of hydrogen-bond acceptors (Lipinski definition) is 5. The lowest BCUT2D eigenvalue weighted by atomic mass is 10.1. The van der Waals surface area contributed by atoms with Crippen molar-refractivity contribution in [2.75, 3.05) is 13.1 Å². The summed E-state index contributed by atoms with van der Waals surface area (Å²) in [5.74, 6) is 0.327. The number of carbonyl (C=O) groups is 2. The number of nitrogens with one attached hydrogen (secondary N) is 1. The van der Waals surface area contributed by atoms with Crippen molar-refractivity contribution in [3.8, 4) is 11.3 Å². The van der Waals surface area contributed by atoms with Crippen molar-refractivity contribution >= 4 is 11.7 Å². The second kappa shape index (κ2) is 10.8. The van der Waals surface area contributed by atoms with E-state index in [1.54, 1.807) is 24.3 Å². The highest BCUT2D eigenvalue weighted by atomic mass is 16.5. The highest BCUT2D eigenvalue weighted by Gasteiger charge is 2.12. The predicted octanol–water partition coefficient (Wildman–Crippen LogP) is 2.88. The third-order valence-electron chi connectivity index (χ3n) is 3.60. The molecule has 0 atom stereocenters. The number of rotatable bonds is 10. The number of nitrogens with zero attached hydrogens (tertiary/aromatic N) is 1. The largest absolute Gasteiger partial charge is 0.355 e. The summed E-state index contributed by atoms with van der Waals surface area (Å²) in [5.41, 5.74) is 6.42. The van der Waals surface area contributed by atoms with Gasteiger partial charge in [0, 0.05) is 31.1 Å². The molecule has 1 heterocycles. The van der Waals surface area contributed by atoms with Gasteiger partial charge in [0.1, 0.15) is 0 Å². The van der Waals surface area contributed by atoms with Gasteiger partial charge in [-0.2, -0.15) is 0 Å². The lowest BCUT2D eigenvalue weighted by Gasteiger charge is -2.01. The normalized spacial score (nSPS) is 11.3. The van der Waals surface area contributed by atoms with Crippen LogP contribution in [0.2, 0.25) is 0 Å². The minimum Gasteiger partial charge on any atom is -0.355 e. The number of allylic oxidation sites excluding steroid dienone is 3. The van der Waals surface area contributed by atoms with Crippen molar-refractivity contribution in [2.45, 2.75) is 19.3 Å². The first-order chi connectivity index (χ1) is 12.7. The molecule has 2 aromatic rings. The molecule has 0 unspecified atom stereocenters. The van der Waals surface area contributed by atoms with Gasteiger partial charge in [-0.15, -0.1) is 0 Å². The Labute approximate surface area is 152 Å². The van der Waals surface area contributed by atoms with Gasteiger partial charge >= 0.3 is 0 Å². The Bertz CT molecular complexity index is 764. The summed E-state index contributed by atoms with van der Waals surface area (Å²) >= 11 is 0. The molecule has 1 aromatic heterocycles. The number of nitrogens with two attached hydrogens (primary N) is 1. The SMILES string of the molecule is NC/C=C\C=CC(=O)CCCCNC(=O)c1cc(-c2ccccc2)on1. The van der Waals surface area contributed by atoms with Crippen molar-refractivity contribution in [3.63, 3.8) is 0 Å². The molecular formula is C20H23N3O3. The van der Waals surface area contributed by atoms with Crippen molar-refractivity contribution in [2.24, 2.45) is 5.73 Å². The highest BCUT2D eigenvalue weighted by Crippen LogP contribution is 2.19. The molecule has 0 radical (unpaired) electrons. The zero-order valence-electron chi connectivity index (χ0n) is 14.6. The molecule has 0 saturated carbocycles. The number of aromatic nitrogens is 1. The molecule has 1 aromatic carbocycles. The molecule has 136 valence electrons. The molecule has 0 fully saturated rings. The molecule has 0 aliphatic rings. The van der Waals surface area contributed by atoms with E-state index in [2.05, 4.69) is 10.5 Å². The monoisotopic (exact) mass is 353 g/mol. The third kappa shape index (κ3) is 6.49. The molecule has 0 bridgehead atoms. The van der Waals surface area contributed by atoms with E-state index in [0.717, 1.165) is 5.56 Å². The lowest BCUT2D eigenvalue weighted by molar-refractivity contribution is -0.114. The van der Waals surface area contributed by atoms with E-state index in [0.29, 0.717) is 38.1 Å². The van der Waals surface area contributed by atoms with E-state index >= 15 is 0 Å². The molecule has 3 N–H and O–H groups in total. The first-order valence-electron chi connectivity index (χ1n) is 8.57. The quantitative estimate of drug-likeness (QED) is 0.389. The van der Waals surface area contributed by atoms with Crippen LogP contribution < -0.4 is 11.1 Å². The molecule has 6 heteroatoms. The van der Waals surface area contributed by atoms with Gasteiger partial charge in [0.25, 0.3) is 5.91 Å². The fraction of sp³-hybridized carbons (Fsp3) is 0.250. The fourth-order valence-electron chi connectivity index (χ4n) is 2.24. The van der Waals surface area contributed by atoms with E-state index in [9.17, 15) is 9.59 Å². The van der Waals surface area contributed by atoms with E-state index in [-0.39, 0.29) is 17.4 Å². The summed E-state index contributed by atoms with van der Waals surface area (Å²) in [6.07, 6.45) is 8.61. The van der Waals surface area contributed by atoms with Gasteiger partial charge in [-0.1, -0.05) is 53.7 Å². The lowest BCUT2D eigenvalue weighted by Crippen LogP contribution is -2.24. The van der Waals surface area contributed by atoms with Gasteiger partial charge in [-0.3, -0.25) is 9.59 Å². The van der Waals surface area contributed by atoms with Gasteiger partial charge < -0.3 is 15.6 Å². The van der Waals surface area contributed by atoms with Crippen molar-refractivity contribution in [3.05, 3.63) is 66.4 Å². The van der Waals surface area contributed by atoms with Crippen molar-refractivity contribution in [1.82, 2.24) is 10.5 Å². The van der Waals surface area contributed by atoms with E-state index in [1.165, 1.54) is 6.08 Å². The summed E-state index contributed by atoms with van der Waals surface area (Å²) in [6.45, 7) is 0.938. The second-order valence-corrected chi connectivity index (χ2v) is 5.64. The van der Waals surface area contributed by atoms with Crippen LogP contribution >= 0.6 is 0 Å². The topological polar surface area (TPSA) is 98.2 Å². The van der Waals surface area contributed by atoms with Crippen LogP contribution in [0.3, 0.4) is 0 Å². The number of hydrogen-bond donors (Lipinski definition) is 2. The molecule has 0 saturated heterocycles. The Hall–Kier alpha value is -2.99. The van der Waals surface area contributed by atoms with Crippen LogP contribution in [0.1, 0.15) is 29.8 Å². The van der Waals surface area contributed by atoms with Crippen LogP contribution in [-0.4, -0.2) is 29.9 Å². The highest BCUT2D eigenvalue weighted by molar-refractivity contribution is 5.93. The maximum absolute atomic E-state index is 12.1. The van der Waals surface area contributed by atoms with E-state index in [1.807, 2.05) is 30.3 Å². The average Bonchev–Trinajstić information content (AvgIpc) is 3.16. The minimum atomic E-state index is -0.283. The molecule has 6 nitrogen and oxygen atoms in total. The summed E-state index contributed by atoms with van der Waals surface area (Å²) in [4.78, 5) is 23.7. The van der Waals surface area contributed by atoms with Crippen LogP contribution in [0.15, 0.2) is 65.2 Å². The number of benzene rings is 1. The Morgan fingerprint density at radius 1 is 1.15 bits per heavy atom. The van der Waals surface area contributed by atoms with Gasteiger partial charge in [0.2, 0.25) is 0 Å². The Morgan fingerprint density at radius 3 is 2.73 bits per heavy atom. The van der Waals surface area contributed by atoms with Crippen LogP contribution in [0.4, 0.5) is 0 Å². The van der Waals surface area contributed by atoms with Gasteiger partial charge in [0.15, 0.2) is 17.2 Å². The standard InChI is InChI=1S/C20H23N3O3/c21-13-7-2-5-11-17(24)12-6-8-14-22-20(25)18-15-19(26-23-18)16-9-3-1-4-10-16/h1-5,7,9-11,15H,6,8,12-14,21H2,(H,22,25)/b7-2-,11-5?. The summed E-state index contributed by atoms with van der Waals surface area (Å²) in [7, 11) is 0. The minimum absolute atomic E-state index is 0.0574. The van der Waals surface area contributed by atoms with Crippen molar-refractivity contribution in [1.29, 1.82) is 0 Å². The molecule has 0 aliphatic heterocycles. The number of carbonyl (C=O) groups excluding carboxylic acids is 2. The van der Waals surface area contributed by atoms with Crippen molar-refractivity contribution < 1.29 is 14.1 Å². The third-order valence-corrected chi connectivity index (χ3v) is 3.60. The Morgan fingerprint density at radius 2 is 1.96 bits per heavy atom. The van der Waals surface area contributed by atoms with Crippen LogP contribution in [0.25, 0.3) is 11.3 Å². The first-order valence-corrected chi connectivity index (χ1v) is 8.57. The zero-order chi connectivity index (χ0) is 18.6. The molecule has 0 spiro atoms. The molecule has 0 aliphatic carbocycles. The molecule has 26 heavy (non-hydrogen) atoms. The summed E-state index contributed by atoms with van der Waals surface area (Å²) in [5, 5.41) is 6.58. The van der Waals surface area contributed by atoms with Crippen LogP contribution in [0.5, 0.6) is 0 Å². The number of unbranched alkanes of at least 4 members (excludes halogenated alkanes) is 1. The van der Waals surface area contributed by atoms with Gasteiger partial charge in [0.05, 0.1) is 0 Å². The number of amides is 1. The second-order valence-electron chi connectivity index (χ2n) is 5.64. The van der Waals surface area contributed by atoms with Gasteiger partial charge in [-0.05, 0) is 18.9 Å². The van der Waals surface area contributed by atoms with Gasteiger partial charge in [-0.25, -0.2) is 0 Å². The molecular weight excluding hydrogens is 330 g/mol. The smallest absolute Gasteiger partial charge is 0.273 e. The first kappa shape index (κ1) is 19.3. The maximum atomic E-state index is 12.1. The Balaban J connectivity index is 1.68. The molecule has 1 amide bonds. The Kier molecular flexibility index (Phi) is 8.02. The zero-order valence-corrected chi connectivity index (χ0v) is 14.6. The van der Waals surface area contributed by atoms with Crippen LogP contribution in [-0.2, 0) is 4.79 Å². The fourth-order valence-corrected chi connectivity index (χ4v) is 2.24. The van der Waals surface area contributed by atoms with Crippen LogP contribution in [0, 0.1) is 0 Å². The van der Waals surface area contributed by atoms with E-state index < -0.39 is 0 Å². The maximum Gasteiger partial charge on any atom is 0.273 e. The van der Waals surface area contributed by atoms with E-state index in [4.69, 9.17) is 10.3 Å². The average molecular weight is 353 g/mol. The molecule has 2 rings (SSSR count). The predicted molar refractivity (Wildman–Crippen MR) is 100 cm³/mol. The summed E-state index contributed by atoms with van der Waals surface area (Å²) in [6, 6.07) is 11.1. The summed E-state index contributed by atoms with van der Waals surface area (Å²) < 4.78 is 5.21. The number of ketones is 1.